The van der Waals surface area contributed by atoms with Gasteiger partial charge in [-0.3, -0.25) is 4.79 Å². The first-order valence-electron chi connectivity index (χ1n) is 9.40. The highest BCUT2D eigenvalue weighted by Gasteiger charge is 2.28. The molecule has 1 aliphatic rings. The van der Waals surface area contributed by atoms with Crippen LogP contribution in [0.3, 0.4) is 0 Å². The zero-order valence-corrected chi connectivity index (χ0v) is 17.2. The van der Waals surface area contributed by atoms with E-state index >= 15 is 0 Å². The quantitative estimate of drug-likeness (QED) is 0.707. The van der Waals surface area contributed by atoms with E-state index < -0.39 is 10.0 Å². The summed E-state index contributed by atoms with van der Waals surface area (Å²) in [7, 11) is -3.56. The fourth-order valence-corrected chi connectivity index (χ4v) is 4.31. The first-order chi connectivity index (χ1) is 13.2. The Morgan fingerprint density at radius 3 is 2.57 bits per heavy atom. The maximum Gasteiger partial charge on any atom is 0.262 e. The molecular weight excluding hydrogens is 376 g/mol. The van der Waals surface area contributed by atoms with Gasteiger partial charge in [0.2, 0.25) is 10.0 Å². The van der Waals surface area contributed by atoms with Crippen LogP contribution in [0.25, 0.3) is 0 Å². The number of carbonyl (C=O) groups is 1. The summed E-state index contributed by atoms with van der Waals surface area (Å²) in [6, 6.07) is 12.0. The van der Waals surface area contributed by atoms with Gasteiger partial charge in [-0.1, -0.05) is 26.0 Å². The van der Waals surface area contributed by atoms with Gasteiger partial charge >= 0.3 is 0 Å². The molecule has 1 aliphatic carbocycles. The molecule has 0 unspecified atom stereocenters. The summed E-state index contributed by atoms with van der Waals surface area (Å²) in [5, 5.41) is 2.68. The van der Waals surface area contributed by atoms with E-state index in [1.807, 2.05) is 25.1 Å². The van der Waals surface area contributed by atoms with Crippen molar-refractivity contribution in [2.24, 2.45) is 0 Å². The smallest absolute Gasteiger partial charge is 0.262 e. The molecule has 7 heteroatoms. The summed E-state index contributed by atoms with van der Waals surface area (Å²) in [6.45, 7) is 6.12. The number of benzene rings is 2. The molecule has 6 nitrogen and oxygen atoms in total. The second-order valence-corrected chi connectivity index (χ2v) is 9.15. The Balaban J connectivity index is 1.59. The van der Waals surface area contributed by atoms with Crippen LogP contribution in [0.1, 0.15) is 43.7 Å². The average Bonchev–Trinajstić information content (AvgIpc) is 3.43. The lowest BCUT2D eigenvalue weighted by molar-refractivity contribution is -0.118. The zero-order chi connectivity index (χ0) is 20.3. The zero-order valence-electron chi connectivity index (χ0n) is 16.4. The van der Waals surface area contributed by atoms with Crippen molar-refractivity contribution in [2.75, 3.05) is 11.9 Å². The standard InChI is InChI=1S/C21H26N2O4S/c1-14(2)20-10-9-18(11-15(20)3)27-13-21(24)22-17-5-4-6-19(12-17)28(25,26)23-16-7-8-16/h4-6,9-12,14,16,23H,7-8,13H2,1-3H3,(H,22,24). The lowest BCUT2D eigenvalue weighted by Gasteiger charge is -2.13. The summed E-state index contributed by atoms with van der Waals surface area (Å²) >= 11 is 0. The van der Waals surface area contributed by atoms with Crippen molar-refractivity contribution in [3.8, 4) is 5.75 Å². The van der Waals surface area contributed by atoms with E-state index in [1.165, 1.54) is 17.7 Å². The summed E-state index contributed by atoms with van der Waals surface area (Å²) in [4.78, 5) is 12.3. The molecule has 28 heavy (non-hydrogen) atoms. The molecule has 1 amide bonds. The SMILES string of the molecule is Cc1cc(OCC(=O)Nc2cccc(S(=O)(=O)NC3CC3)c2)ccc1C(C)C. The number of carbonyl (C=O) groups excluding carboxylic acids is 1. The third-order valence-electron chi connectivity index (χ3n) is 4.56. The molecule has 0 radical (unpaired) electrons. The number of ether oxygens (including phenoxy) is 1. The molecule has 0 saturated heterocycles. The normalized spacial score (nSPS) is 14.1. The Kier molecular flexibility index (Phi) is 6.05. The average molecular weight is 403 g/mol. The maximum atomic E-state index is 12.3. The topological polar surface area (TPSA) is 84.5 Å². The van der Waals surface area contributed by atoms with Crippen molar-refractivity contribution >= 4 is 21.6 Å². The second kappa shape index (κ2) is 8.32. The van der Waals surface area contributed by atoms with Gasteiger partial charge in [0.05, 0.1) is 4.90 Å². The van der Waals surface area contributed by atoms with E-state index in [9.17, 15) is 13.2 Å². The van der Waals surface area contributed by atoms with Gasteiger partial charge in [0, 0.05) is 11.7 Å². The number of sulfonamides is 1. The molecule has 2 N–H and O–H groups in total. The molecule has 150 valence electrons. The van der Waals surface area contributed by atoms with Crippen LogP contribution in [0, 0.1) is 6.92 Å². The van der Waals surface area contributed by atoms with Crippen molar-refractivity contribution in [1.29, 1.82) is 0 Å². The first-order valence-corrected chi connectivity index (χ1v) is 10.9. The number of anilines is 1. The van der Waals surface area contributed by atoms with Crippen LogP contribution in [0.5, 0.6) is 5.75 Å². The molecular formula is C21H26N2O4S. The summed E-state index contributed by atoms with van der Waals surface area (Å²) < 4.78 is 32.8. The van der Waals surface area contributed by atoms with Crippen LogP contribution >= 0.6 is 0 Å². The van der Waals surface area contributed by atoms with Crippen molar-refractivity contribution in [2.45, 2.75) is 50.5 Å². The highest BCUT2D eigenvalue weighted by Crippen LogP contribution is 2.24. The van der Waals surface area contributed by atoms with E-state index in [1.54, 1.807) is 12.1 Å². The Bertz CT molecular complexity index is 966. The monoisotopic (exact) mass is 402 g/mol. The van der Waals surface area contributed by atoms with Crippen LogP contribution in [0.15, 0.2) is 47.4 Å². The molecule has 0 bridgehead atoms. The lowest BCUT2D eigenvalue weighted by Crippen LogP contribution is -2.26. The molecule has 0 aromatic heterocycles. The minimum atomic E-state index is -3.56. The van der Waals surface area contributed by atoms with Gasteiger partial charge in [0.15, 0.2) is 6.61 Å². The fourth-order valence-electron chi connectivity index (χ4n) is 2.96. The van der Waals surface area contributed by atoms with Crippen LogP contribution in [0.4, 0.5) is 5.69 Å². The Morgan fingerprint density at radius 2 is 1.93 bits per heavy atom. The number of hydrogen-bond acceptors (Lipinski definition) is 4. The second-order valence-electron chi connectivity index (χ2n) is 7.43. The molecule has 0 heterocycles. The third-order valence-corrected chi connectivity index (χ3v) is 6.08. The summed E-state index contributed by atoms with van der Waals surface area (Å²) in [5.74, 6) is 0.701. The molecule has 3 rings (SSSR count). The van der Waals surface area contributed by atoms with Crippen LogP contribution < -0.4 is 14.8 Å². The van der Waals surface area contributed by atoms with Crippen molar-refractivity contribution in [3.63, 3.8) is 0 Å². The lowest BCUT2D eigenvalue weighted by atomic mass is 9.98. The van der Waals surface area contributed by atoms with Gasteiger partial charge in [-0.25, -0.2) is 13.1 Å². The Labute approximate surface area is 166 Å². The molecule has 1 fully saturated rings. The highest BCUT2D eigenvalue weighted by molar-refractivity contribution is 7.89. The van der Waals surface area contributed by atoms with E-state index in [4.69, 9.17) is 4.74 Å². The molecule has 2 aromatic carbocycles. The molecule has 1 saturated carbocycles. The van der Waals surface area contributed by atoms with Crippen molar-refractivity contribution < 1.29 is 17.9 Å². The third kappa shape index (κ3) is 5.33. The van der Waals surface area contributed by atoms with Gasteiger partial charge in [-0.2, -0.15) is 0 Å². The number of nitrogens with one attached hydrogen (secondary N) is 2. The minimum absolute atomic E-state index is 0.0298. The first kappa shape index (κ1) is 20.4. The largest absolute Gasteiger partial charge is 0.484 e. The van der Waals surface area contributed by atoms with Gasteiger partial charge < -0.3 is 10.1 Å². The molecule has 0 spiro atoms. The summed E-state index contributed by atoms with van der Waals surface area (Å²) in [6.07, 6.45) is 1.73. The Morgan fingerprint density at radius 1 is 1.18 bits per heavy atom. The van der Waals surface area contributed by atoms with E-state index in [-0.39, 0.29) is 23.5 Å². The van der Waals surface area contributed by atoms with E-state index in [0.29, 0.717) is 17.4 Å². The van der Waals surface area contributed by atoms with Gasteiger partial charge in [-0.15, -0.1) is 0 Å². The van der Waals surface area contributed by atoms with E-state index in [0.717, 1.165) is 18.4 Å². The Hall–Kier alpha value is -2.38. The van der Waals surface area contributed by atoms with Crippen molar-refractivity contribution in [1.82, 2.24) is 4.72 Å². The summed E-state index contributed by atoms with van der Waals surface area (Å²) in [5.41, 5.74) is 2.78. The number of aryl methyl sites for hydroxylation is 1. The minimum Gasteiger partial charge on any atom is -0.484 e. The van der Waals surface area contributed by atoms with E-state index in [2.05, 4.69) is 23.9 Å². The number of rotatable bonds is 8. The number of hydrogen-bond donors (Lipinski definition) is 2. The van der Waals surface area contributed by atoms with Gasteiger partial charge in [0.1, 0.15) is 5.75 Å². The fraction of sp³-hybridized carbons (Fsp3) is 0.381. The predicted octanol–water partition coefficient (Wildman–Crippen LogP) is 3.58. The predicted molar refractivity (Wildman–Crippen MR) is 109 cm³/mol. The van der Waals surface area contributed by atoms with Gasteiger partial charge in [0.25, 0.3) is 5.91 Å². The molecule has 0 atom stereocenters. The highest BCUT2D eigenvalue weighted by atomic mass is 32.2. The van der Waals surface area contributed by atoms with Gasteiger partial charge in [-0.05, 0) is 67.1 Å². The molecule has 2 aromatic rings. The van der Waals surface area contributed by atoms with Crippen molar-refractivity contribution in [3.05, 3.63) is 53.6 Å². The van der Waals surface area contributed by atoms with Crippen LogP contribution in [0.2, 0.25) is 0 Å². The number of amides is 1. The molecule has 0 aliphatic heterocycles. The van der Waals surface area contributed by atoms with Crippen LogP contribution in [-0.2, 0) is 14.8 Å². The maximum absolute atomic E-state index is 12.3. The van der Waals surface area contributed by atoms with Crippen LogP contribution in [-0.4, -0.2) is 27.0 Å².